The third kappa shape index (κ3) is 2.71. The van der Waals surface area contributed by atoms with Crippen molar-refractivity contribution in [2.24, 2.45) is 0 Å². The molecule has 1 aromatic heterocycles. The van der Waals surface area contributed by atoms with Gasteiger partial charge >= 0.3 is 0 Å². The van der Waals surface area contributed by atoms with Crippen LogP contribution in [-0.4, -0.2) is 22.1 Å². The van der Waals surface area contributed by atoms with Gasteiger partial charge in [-0.3, -0.25) is 0 Å². The fraction of sp³-hybridized carbons (Fsp3) is 0.412. The predicted octanol–water partition coefficient (Wildman–Crippen LogP) is 3.69. The Labute approximate surface area is 126 Å². The van der Waals surface area contributed by atoms with E-state index >= 15 is 0 Å². The molecule has 0 spiro atoms. The molecule has 21 heavy (non-hydrogen) atoms. The normalized spacial score (nSPS) is 17.2. The van der Waals surface area contributed by atoms with E-state index in [0.29, 0.717) is 12.1 Å². The van der Waals surface area contributed by atoms with Crippen molar-refractivity contribution in [3.05, 3.63) is 41.7 Å². The van der Waals surface area contributed by atoms with Gasteiger partial charge in [0, 0.05) is 23.8 Å². The van der Waals surface area contributed by atoms with E-state index < -0.39 is 0 Å². The molecule has 4 heteroatoms. The number of fused-ring (bicyclic) bond motifs is 1. The lowest BCUT2D eigenvalue weighted by atomic mass is 10.1. The molecule has 1 unspecified atom stereocenters. The van der Waals surface area contributed by atoms with Gasteiger partial charge in [-0.2, -0.15) is 0 Å². The third-order valence-corrected chi connectivity index (χ3v) is 3.72. The van der Waals surface area contributed by atoms with Crippen LogP contribution < -0.4 is 10.2 Å². The molecule has 1 atom stereocenters. The van der Waals surface area contributed by atoms with Crippen LogP contribution in [0.1, 0.15) is 32.2 Å². The molecule has 0 saturated heterocycles. The van der Waals surface area contributed by atoms with Crippen molar-refractivity contribution < 1.29 is 0 Å². The van der Waals surface area contributed by atoms with Gasteiger partial charge in [0.25, 0.3) is 0 Å². The van der Waals surface area contributed by atoms with Gasteiger partial charge < -0.3 is 10.2 Å². The van der Waals surface area contributed by atoms with Crippen LogP contribution >= 0.6 is 0 Å². The fourth-order valence-electron chi connectivity index (χ4n) is 2.96. The number of rotatable bonds is 3. The maximum absolute atomic E-state index is 4.65. The molecule has 0 fully saturated rings. The highest BCUT2D eigenvalue weighted by Crippen LogP contribution is 2.37. The van der Waals surface area contributed by atoms with Crippen molar-refractivity contribution in [2.45, 2.75) is 46.2 Å². The highest BCUT2D eigenvalue weighted by atomic mass is 15.2. The Morgan fingerprint density at radius 3 is 2.76 bits per heavy atom. The summed E-state index contributed by atoms with van der Waals surface area (Å²) in [5, 5.41) is 3.37. The van der Waals surface area contributed by atoms with E-state index in [1.807, 2.05) is 13.0 Å². The van der Waals surface area contributed by atoms with Gasteiger partial charge in [-0.15, -0.1) is 0 Å². The van der Waals surface area contributed by atoms with Gasteiger partial charge in [-0.1, -0.05) is 18.2 Å². The van der Waals surface area contributed by atoms with E-state index in [1.54, 1.807) is 0 Å². The van der Waals surface area contributed by atoms with E-state index in [1.165, 1.54) is 11.3 Å². The summed E-state index contributed by atoms with van der Waals surface area (Å²) >= 11 is 0. The predicted molar refractivity (Wildman–Crippen MR) is 87.3 cm³/mol. The van der Waals surface area contributed by atoms with Crippen molar-refractivity contribution in [3.63, 3.8) is 0 Å². The fourth-order valence-corrected chi connectivity index (χ4v) is 2.96. The summed E-state index contributed by atoms with van der Waals surface area (Å²) in [6.07, 6.45) is 1.06. The SMILES string of the molecule is Cc1nc(NC(C)C)cc(N2c3ccccc3CC2C)n1. The summed E-state index contributed by atoms with van der Waals surface area (Å²) in [6, 6.07) is 11.4. The first kappa shape index (κ1) is 13.9. The van der Waals surface area contributed by atoms with Gasteiger partial charge in [-0.25, -0.2) is 9.97 Å². The lowest BCUT2D eigenvalue weighted by Crippen LogP contribution is -2.25. The van der Waals surface area contributed by atoms with Gasteiger partial charge in [0.15, 0.2) is 0 Å². The molecular formula is C17H22N4. The van der Waals surface area contributed by atoms with Crippen molar-refractivity contribution >= 4 is 17.3 Å². The lowest BCUT2D eigenvalue weighted by Gasteiger charge is -2.24. The molecule has 2 heterocycles. The van der Waals surface area contributed by atoms with Crippen LogP contribution in [0.2, 0.25) is 0 Å². The highest BCUT2D eigenvalue weighted by Gasteiger charge is 2.28. The lowest BCUT2D eigenvalue weighted by molar-refractivity contribution is 0.746. The minimum absolute atomic E-state index is 0.357. The van der Waals surface area contributed by atoms with Crippen LogP contribution in [0, 0.1) is 6.92 Å². The molecular weight excluding hydrogens is 260 g/mol. The summed E-state index contributed by atoms with van der Waals surface area (Å²) in [5.41, 5.74) is 2.65. The number of hydrogen-bond donors (Lipinski definition) is 1. The monoisotopic (exact) mass is 282 g/mol. The molecule has 0 radical (unpaired) electrons. The van der Waals surface area contributed by atoms with E-state index in [0.717, 1.165) is 23.9 Å². The first-order valence-corrected chi connectivity index (χ1v) is 7.54. The number of para-hydroxylation sites is 1. The van der Waals surface area contributed by atoms with Gasteiger partial charge in [0.1, 0.15) is 17.5 Å². The Kier molecular flexibility index (Phi) is 3.53. The van der Waals surface area contributed by atoms with E-state index in [9.17, 15) is 0 Å². The van der Waals surface area contributed by atoms with Crippen molar-refractivity contribution in [1.29, 1.82) is 0 Å². The summed E-state index contributed by atoms with van der Waals surface area (Å²) in [4.78, 5) is 11.4. The zero-order valence-electron chi connectivity index (χ0n) is 13.1. The Balaban J connectivity index is 2.02. The number of benzene rings is 1. The Morgan fingerprint density at radius 2 is 2.00 bits per heavy atom. The quantitative estimate of drug-likeness (QED) is 0.932. The molecule has 3 rings (SSSR count). The van der Waals surface area contributed by atoms with Crippen LogP contribution in [0.4, 0.5) is 17.3 Å². The second kappa shape index (κ2) is 5.35. The van der Waals surface area contributed by atoms with E-state index in [-0.39, 0.29) is 0 Å². The number of nitrogens with one attached hydrogen (secondary N) is 1. The summed E-state index contributed by atoms with van der Waals surface area (Å²) < 4.78 is 0. The third-order valence-electron chi connectivity index (χ3n) is 3.72. The van der Waals surface area contributed by atoms with Crippen LogP contribution in [0.3, 0.4) is 0 Å². The average Bonchev–Trinajstić information content (AvgIpc) is 2.72. The smallest absolute Gasteiger partial charge is 0.139 e. The number of nitrogens with zero attached hydrogens (tertiary/aromatic N) is 3. The molecule has 1 N–H and O–H groups in total. The maximum Gasteiger partial charge on any atom is 0.139 e. The number of aromatic nitrogens is 2. The van der Waals surface area contributed by atoms with Crippen molar-refractivity contribution in [1.82, 2.24) is 9.97 Å². The zero-order chi connectivity index (χ0) is 15.0. The molecule has 1 aliphatic heterocycles. The maximum atomic E-state index is 4.65. The Morgan fingerprint density at radius 1 is 1.24 bits per heavy atom. The van der Waals surface area contributed by atoms with E-state index in [2.05, 4.69) is 65.2 Å². The highest BCUT2D eigenvalue weighted by molar-refractivity contribution is 5.70. The molecule has 1 aromatic carbocycles. The van der Waals surface area contributed by atoms with Crippen LogP contribution in [-0.2, 0) is 6.42 Å². The number of anilines is 3. The molecule has 4 nitrogen and oxygen atoms in total. The first-order valence-electron chi connectivity index (χ1n) is 7.54. The Hall–Kier alpha value is -2.10. The van der Waals surface area contributed by atoms with Gasteiger partial charge in [0.05, 0.1) is 0 Å². The molecule has 110 valence electrons. The standard InChI is InChI=1S/C17H22N4/c1-11(2)18-16-10-17(20-13(4)19-16)21-12(3)9-14-7-5-6-8-15(14)21/h5-8,10-12H,9H2,1-4H3,(H,18,19,20). The van der Waals surface area contributed by atoms with Crippen molar-refractivity contribution in [2.75, 3.05) is 10.2 Å². The number of aryl methyl sites for hydroxylation is 1. The largest absolute Gasteiger partial charge is 0.368 e. The van der Waals surface area contributed by atoms with Crippen LogP contribution in [0.5, 0.6) is 0 Å². The molecule has 0 saturated carbocycles. The average molecular weight is 282 g/mol. The van der Waals surface area contributed by atoms with Gasteiger partial charge in [0.2, 0.25) is 0 Å². The summed E-state index contributed by atoms with van der Waals surface area (Å²) in [7, 11) is 0. The number of hydrogen-bond acceptors (Lipinski definition) is 4. The van der Waals surface area contributed by atoms with Crippen molar-refractivity contribution in [3.8, 4) is 0 Å². The Bertz CT molecular complexity index is 651. The minimum atomic E-state index is 0.357. The topological polar surface area (TPSA) is 41.1 Å². The summed E-state index contributed by atoms with van der Waals surface area (Å²) in [5.74, 6) is 2.67. The van der Waals surface area contributed by atoms with Gasteiger partial charge in [-0.05, 0) is 45.7 Å². The second-order valence-electron chi connectivity index (χ2n) is 6.01. The molecule has 0 bridgehead atoms. The molecule has 1 aliphatic rings. The molecule has 0 aliphatic carbocycles. The summed E-state index contributed by atoms with van der Waals surface area (Å²) in [6.45, 7) is 8.42. The van der Waals surface area contributed by atoms with E-state index in [4.69, 9.17) is 0 Å². The minimum Gasteiger partial charge on any atom is -0.368 e. The molecule has 2 aromatic rings. The van der Waals surface area contributed by atoms with Crippen LogP contribution in [0.15, 0.2) is 30.3 Å². The molecule has 0 amide bonds. The van der Waals surface area contributed by atoms with Crippen LogP contribution in [0.25, 0.3) is 0 Å². The first-order chi connectivity index (χ1) is 10.0. The second-order valence-corrected chi connectivity index (χ2v) is 6.01. The zero-order valence-corrected chi connectivity index (χ0v) is 13.1.